The number of aliphatic carboxylic acids is 2. The van der Waals surface area contributed by atoms with Crippen LogP contribution in [0.5, 0.6) is 0 Å². The second-order valence-electron chi connectivity index (χ2n) is 19.1. The molecule has 0 saturated heterocycles. The number of nitrogens with one attached hydrogen (secondary N) is 1. The molecule has 0 radical (unpaired) electrons. The van der Waals surface area contributed by atoms with Crippen molar-refractivity contribution in [1.29, 1.82) is 0 Å². The number of benzene rings is 2. The fourth-order valence-electron chi connectivity index (χ4n) is 9.08. The number of unbranched alkanes of at least 4 members (excludes halogenated alkanes) is 17. The molecule has 5 atom stereocenters. The highest BCUT2D eigenvalue weighted by Gasteiger charge is 2.36. The summed E-state index contributed by atoms with van der Waals surface area (Å²) in [6, 6.07) is 15.1. The van der Waals surface area contributed by atoms with Gasteiger partial charge in [0, 0.05) is 16.9 Å². The Morgan fingerprint density at radius 2 is 1.10 bits per heavy atom. The van der Waals surface area contributed by atoms with Crippen molar-refractivity contribution in [1.82, 2.24) is 5.32 Å². The molecular formula is C53H83NO8S. The molecular weight excluding hydrogens is 811 g/mol. The number of carboxylic acid groups (broad SMARTS) is 2. The van der Waals surface area contributed by atoms with Gasteiger partial charge in [-0.15, -0.1) is 0 Å². The van der Waals surface area contributed by atoms with Crippen LogP contribution in [0.4, 0.5) is 4.79 Å². The second-order valence-corrected chi connectivity index (χ2v) is 20.4. The summed E-state index contributed by atoms with van der Waals surface area (Å²) in [6.45, 7) is 11.7. The lowest BCUT2D eigenvalue weighted by Gasteiger charge is -2.30. The maximum Gasteiger partial charge on any atom is 0.407 e. The van der Waals surface area contributed by atoms with E-state index in [1.807, 2.05) is 43.3 Å². The van der Waals surface area contributed by atoms with Crippen LogP contribution >= 0.6 is 11.8 Å². The molecule has 3 rings (SSSR count). The highest BCUT2D eigenvalue weighted by atomic mass is 32.2. The van der Waals surface area contributed by atoms with E-state index in [2.05, 4.69) is 31.3 Å². The van der Waals surface area contributed by atoms with E-state index in [9.17, 15) is 29.4 Å². The topological polar surface area (TPSA) is 139 Å². The lowest BCUT2D eigenvalue weighted by atomic mass is 9.81. The Bertz CT molecular complexity index is 1600. The number of alkyl carbamates (subject to hydrolysis) is 1. The third-order valence-electron chi connectivity index (χ3n) is 12.7. The van der Waals surface area contributed by atoms with Crippen LogP contribution in [0.1, 0.15) is 200 Å². The van der Waals surface area contributed by atoms with Crippen molar-refractivity contribution in [2.45, 2.75) is 206 Å². The summed E-state index contributed by atoms with van der Waals surface area (Å²) in [5.74, 6) is -4.34. The molecule has 0 spiro atoms. The SMILES string of the molecule is CCCCCCCCCCCC[C@@H](C(=O)O)C(C)CC(C(=O)O)C(CCCCCCCCCCC)SC[C@H](NC(=O)OCC1c2ccccc2-c2ccccc21)C(=O)OC(C)(C)C. The molecule has 2 aromatic rings. The molecule has 2 aromatic carbocycles. The molecule has 3 N–H and O–H groups in total. The van der Waals surface area contributed by atoms with Crippen LogP contribution in [0.15, 0.2) is 48.5 Å². The summed E-state index contributed by atoms with van der Waals surface area (Å²) in [5.41, 5.74) is 3.55. The number of rotatable bonds is 34. The largest absolute Gasteiger partial charge is 0.481 e. The number of amides is 1. The van der Waals surface area contributed by atoms with Gasteiger partial charge in [-0.1, -0.05) is 191 Å². The zero-order valence-corrected chi connectivity index (χ0v) is 40.6. The first kappa shape index (κ1) is 53.8. The normalized spacial score (nSPS) is 14.8. The van der Waals surface area contributed by atoms with Crippen molar-refractivity contribution in [2.75, 3.05) is 12.4 Å². The first-order chi connectivity index (χ1) is 30.3. The van der Waals surface area contributed by atoms with Crippen LogP contribution in [-0.2, 0) is 23.9 Å². The predicted octanol–water partition coefficient (Wildman–Crippen LogP) is 14.0. The number of fused-ring (bicyclic) bond motifs is 3. The van der Waals surface area contributed by atoms with Crippen molar-refractivity contribution in [2.24, 2.45) is 17.8 Å². The number of carboxylic acids is 2. The molecule has 0 bridgehead atoms. The Kier molecular flexibility index (Phi) is 25.5. The molecule has 1 aliphatic carbocycles. The molecule has 0 heterocycles. The van der Waals surface area contributed by atoms with Gasteiger partial charge in [0.1, 0.15) is 18.2 Å². The van der Waals surface area contributed by atoms with Gasteiger partial charge < -0.3 is 25.0 Å². The van der Waals surface area contributed by atoms with Crippen LogP contribution < -0.4 is 5.32 Å². The third kappa shape index (κ3) is 20.0. The minimum atomic E-state index is -1.09. The maximum absolute atomic E-state index is 13.7. The molecule has 354 valence electrons. The highest BCUT2D eigenvalue weighted by molar-refractivity contribution is 8.00. The van der Waals surface area contributed by atoms with Gasteiger partial charge >= 0.3 is 24.0 Å². The quantitative estimate of drug-likeness (QED) is 0.0463. The first-order valence-corrected chi connectivity index (χ1v) is 25.7. The number of hydrogen-bond donors (Lipinski definition) is 3. The average Bonchev–Trinajstić information content (AvgIpc) is 3.56. The summed E-state index contributed by atoms with van der Waals surface area (Å²) in [7, 11) is 0. The molecule has 1 aliphatic rings. The number of ether oxygens (including phenoxy) is 2. The molecule has 0 aromatic heterocycles. The number of hydrogen-bond acceptors (Lipinski definition) is 7. The Morgan fingerprint density at radius 3 is 1.56 bits per heavy atom. The highest BCUT2D eigenvalue weighted by Crippen LogP contribution is 2.44. The molecule has 9 nitrogen and oxygen atoms in total. The van der Waals surface area contributed by atoms with Crippen LogP contribution in [0, 0.1) is 17.8 Å². The molecule has 1 amide bonds. The van der Waals surface area contributed by atoms with E-state index in [1.165, 1.54) is 88.8 Å². The van der Waals surface area contributed by atoms with Crippen molar-refractivity contribution in [3.8, 4) is 11.1 Å². The van der Waals surface area contributed by atoms with Crippen LogP contribution in [0.2, 0.25) is 0 Å². The lowest BCUT2D eigenvalue weighted by Crippen LogP contribution is -2.46. The van der Waals surface area contributed by atoms with Crippen LogP contribution in [0.25, 0.3) is 11.1 Å². The van der Waals surface area contributed by atoms with Crippen molar-refractivity contribution < 1.29 is 38.9 Å². The fourth-order valence-corrected chi connectivity index (χ4v) is 10.5. The van der Waals surface area contributed by atoms with Gasteiger partial charge in [-0.2, -0.15) is 11.8 Å². The van der Waals surface area contributed by atoms with E-state index < -0.39 is 52.7 Å². The monoisotopic (exact) mass is 894 g/mol. The van der Waals surface area contributed by atoms with Crippen LogP contribution in [-0.4, -0.2) is 63.5 Å². The van der Waals surface area contributed by atoms with Crippen molar-refractivity contribution >= 4 is 35.8 Å². The summed E-state index contributed by atoms with van der Waals surface area (Å²) < 4.78 is 11.6. The van der Waals surface area contributed by atoms with E-state index in [0.29, 0.717) is 12.8 Å². The zero-order valence-electron chi connectivity index (χ0n) is 39.8. The molecule has 0 aliphatic heterocycles. The van der Waals surface area contributed by atoms with Gasteiger partial charge in [-0.3, -0.25) is 9.59 Å². The summed E-state index contributed by atoms with van der Waals surface area (Å²) in [6.07, 6.45) is 22.4. The first-order valence-electron chi connectivity index (χ1n) is 24.7. The fraction of sp³-hybridized carbons (Fsp3) is 0.698. The average molecular weight is 894 g/mol. The van der Waals surface area contributed by atoms with E-state index in [-0.39, 0.29) is 30.6 Å². The van der Waals surface area contributed by atoms with E-state index >= 15 is 0 Å². The summed E-state index contributed by atoms with van der Waals surface area (Å²) in [5, 5.41) is 23.5. The van der Waals surface area contributed by atoms with Crippen LogP contribution in [0.3, 0.4) is 0 Å². The molecule has 0 saturated carbocycles. The second kappa shape index (κ2) is 29.8. The van der Waals surface area contributed by atoms with E-state index in [1.54, 1.807) is 20.8 Å². The van der Waals surface area contributed by atoms with Gasteiger partial charge in [-0.05, 0) is 68.2 Å². The lowest BCUT2D eigenvalue weighted by molar-refractivity contribution is -0.156. The van der Waals surface area contributed by atoms with Gasteiger partial charge in [0.25, 0.3) is 0 Å². The molecule has 0 fully saturated rings. The number of thioether (sulfide) groups is 1. The zero-order chi connectivity index (χ0) is 46.0. The summed E-state index contributed by atoms with van der Waals surface area (Å²) in [4.78, 5) is 53.0. The summed E-state index contributed by atoms with van der Waals surface area (Å²) >= 11 is 1.36. The molecule has 3 unspecified atom stereocenters. The smallest absolute Gasteiger partial charge is 0.407 e. The number of carbonyl (C=O) groups is 4. The maximum atomic E-state index is 13.7. The standard InChI is InChI=1S/C53H83NO8S/c1-7-9-11-13-15-17-19-20-22-24-30-40(49(55)56)39(3)36-45(50(57)58)48(35-25-23-21-18-16-14-12-10-8-2)63-38-47(51(59)62-53(4,5)6)54-52(60)61-37-46-43-33-28-26-31-41(43)42-32-27-29-34-44(42)46/h26-29,31-34,39-40,45-48H,7-25,30,35-38H2,1-6H3,(H,54,60)(H,55,56)(H,57,58)/t39?,40-,45?,47+,48?/m1/s1. The van der Waals surface area contributed by atoms with E-state index in [4.69, 9.17) is 9.47 Å². The third-order valence-corrected chi connectivity index (χ3v) is 14.2. The molecule has 10 heteroatoms. The predicted molar refractivity (Wildman–Crippen MR) is 258 cm³/mol. The van der Waals surface area contributed by atoms with Gasteiger partial charge in [0.05, 0.1) is 11.8 Å². The van der Waals surface area contributed by atoms with Crippen molar-refractivity contribution in [3.05, 3.63) is 59.7 Å². The van der Waals surface area contributed by atoms with Gasteiger partial charge in [0.15, 0.2) is 0 Å². The number of esters is 1. The number of carbonyl (C=O) groups excluding carboxylic acids is 2. The van der Waals surface area contributed by atoms with E-state index in [0.717, 1.165) is 67.2 Å². The van der Waals surface area contributed by atoms with Gasteiger partial charge in [-0.25, -0.2) is 9.59 Å². The van der Waals surface area contributed by atoms with Crippen molar-refractivity contribution in [3.63, 3.8) is 0 Å². The Hall–Kier alpha value is -3.53. The molecule has 63 heavy (non-hydrogen) atoms. The Labute approximate surface area is 385 Å². The Balaban J connectivity index is 1.71. The minimum absolute atomic E-state index is 0.0815. The minimum Gasteiger partial charge on any atom is -0.481 e. The van der Waals surface area contributed by atoms with Gasteiger partial charge in [0.2, 0.25) is 0 Å². The Morgan fingerprint density at radius 1 is 0.651 bits per heavy atom.